The standard InChI is InChI=1S/C16H18N4OS/c17-10-16(8-1-9-16)20-13-4-2-12(3-5-13)14(19-11-22)6-7-15(18)21/h2-5,14,20H,1,6-9H2,(H2,18,21). The van der Waals surface area contributed by atoms with Gasteiger partial charge < -0.3 is 11.1 Å². The molecule has 0 aromatic heterocycles. The molecule has 5 nitrogen and oxygen atoms in total. The van der Waals surface area contributed by atoms with Gasteiger partial charge in [0.25, 0.3) is 0 Å². The number of hydrogen-bond acceptors (Lipinski definition) is 5. The maximum absolute atomic E-state index is 10.9. The van der Waals surface area contributed by atoms with Gasteiger partial charge in [-0.15, -0.1) is 0 Å². The highest BCUT2D eigenvalue weighted by Gasteiger charge is 2.36. The fourth-order valence-electron chi connectivity index (χ4n) is 2.51. The molecule has 0 radical (unpaired) electrons. The number of aliphatic imine (C=N–C) groups is 1. The molecule has 22 heavy (non-hydrogen) atoms. The van der Waals surface area contributed by atoms with Gasteiger partial charge in [0.05, 0.1) is 17.3 Å². The molecule has 0 aliphatic heterocycles. The van der Waals surface area contributed by atoms with Crippen LogP contribution in [0.1, 0.15) is 43.7 Å². The minimum absolute atomic E-state index is 0.215. The Balaban J connectivity index is 2.07. The van der Waals surface area contributed by atoms with Crippen LogP contribution >= 0.6 is 12.2 Å². The summed E-state index contributed by atoms with van der Waals surface area (Å²) in [5, 5.41) is 14.9. The summed E-state index contributed by atoms with van der Waals surface area (Å²) >= 11 is 4.66. The molecule has 1 saturated carbocycles. The van der Waals surface area contributed by atoms with Gasteiger partial charge in [0.2, 0.25) is 5.91 Å². The van der Waals surface area contributed by atoms with E-state index < -0.39 is 5.54 Å². The Bertz CT molecular complexity index is 625. The normalized spacial score (nSPS) is 16.5. The Hall–Kier alpha value is -2.22. The first-order valence-electron chi connectivity index (χ1n) is 7.23. The molecule has 1 amide bonds. The van der Waals surface area contributed by atoms with E-state index in [9.17, 15) is 10.1 Å². The molecule has 1 aliphatic rings. The average Bonchev–Trinajstić information content (AvgIpc) is 2.48. The molecular formula is C16H18N4OS. The molecule has 0 heterocycles. The number of primary amides is 1. The highest BCUT2D eigenvalue weighted by atomic mass is 32.1. The summed E-state index contributed by atoms with van der Waals surface area (Å²) in [6.07, 6.45) is 3.59. The van der Waals surface area contributed by atoms with Crippen molar-refractivity contribution in [2.45, 2.75) is 43.7 Å². The van der Waals surface area contributed by atoms with Gasteiger partial charge in [0.1, 0.15) is 5.54 Å². The van der Waals surface area contributed by atoms with Crippen molar-refractivity contribution in [3.05, 3.63) is 29.8 Å². The lowest BCUT2D eigenvalue weighted by atomic mass is 9.78. The average molecular weight is 314 g/mol. The summed E-state index contributed by atoms with van der Waals surface area (Å²) in [7, 11) is 0. The van der Waals surface area contributed by atoms with Crippen LogP contribution in [0.2, 0.25) is 0 Å². The molecule has 1 aromatic carbocycles. The van der Waals surface area contributed by atoms with E-state index in [0.29, 0.717) is 6.42 Å². The second-order valence-corrected chi connectivity index (χ2v) is 5.72. The number of thiocarbonyl (C=S) groups is 1. The first-order chi connectivity index (χ1) is 10.6. The Labute approximate surface area is 135 Å². The number of carbonyl (C=O) groups is 1. The van der Waals surface area contributed by atoms with Crippen LogP contribution in [-0.4, -0.2) is 16.6 Å². The molecule has 1 unspecified atom stereocenters. The molecule has 1 aliphatic carbocycles. The molecule has 0 spiro atoms. The Morgan fingerprint density at radius 1 is 1.45 bits per heavy atom. The third-order valence-corrected chi connectivity index (χ3v) is 4.08. The fourth-order valence-corrected chi connectivity index (χ4v) is 2.64. The third kappa shape index (κ3) is 3.91. The smallest absolute Gasteiger partial charge is 0.217 e. The first kappa shape index (κ1) is 16.2. The van der Waals surface area contributed by atoms with Crippen molar-refractivity contribution < 1.29 is 4.79 Å². The van der Waals surface area contributed by atoms with Crippen LogP contribution in [0.4, 0.5) is 5.69 Å². The number of anilines is 1. The van der Waals surface area contributed by atoms with Crippen molar-refractivity contribution in [3.8, 4) is 6.07 Å². The van der Waals surface area contributed by atoms with Crippen LogP contribution in [0.5, 0.6) is 0 Å². The number of rotatable bonds is 7. The summed E-state index contributed by atoms with van der Waals surface area (Å²) in [5.41, 5.74) is 6.62. The van der Waals surface area contributed by atoms with Crippen molar-refractivity contribution in [1.82, 2.24) is 0 Å². The molecule has 1 atom stereocenters. The number of hydrogen-bond donors (Lipinski definition) is 2. The highest BCUT2D eigenvalue weighted by Crippen LogP contribution is 2.35. The molecule has 0 bridgehead atoms. The molecule has 1 aromatic rings. The number of amides is 1. The topological polar surface area (TPSA) is 91.3 Å². The second-order valence-electron chi connectivity index (χ2n) is 5.54. The molecule has 2 rings (SSSR count). The number of nitrogens with zero attached hydrogens (tertiary/aromatic N) is 2. The Morgan fingerprint density at radius 2 is 2.14 bits per heavy atom. The van der Waals surface area contributed by atoms with Crippen molar-refractivity contribution >= 4 is 29.0 Å². The Kier molecular flexibility index (Phi) is 5.26. The van der Waals surface area contributed by atoms with E-state index in [4.69, 9.17) is 5.73 Å². The van der Waals surface area contributed by atoms with Crippen LogP contribution in [0.25, 0.3) is 0 Å². The van der Waals surface area contributed by atoms with Gasteiger partial charge in [0, 0.05) is 12.1 Å². The molecule has 6 heteroatoms. The summed E-state index contributed by atoms with van der Waals surface area (Å²) in [4.78, 5) is 15.0. The second kappa shape index (κ2) is 7.17. The SMILES string of the molecule is N#CC1(Nc2ccc(C(CCC(N)=O)N=C=S)cc2)CCC1. The van der Waals surface area contributed by atoms with Gasteiger partial charge >= 0.3 is 0 Å². The highest BCUT2D eigenvalue weighted by molar-refractivity contribution is 7.78. The minimum Gasteiger partial charge on any atom is -0.370 e. The van der Waals surface area contributed by atoms with Crippen molar-refractivity contribution in [1.29, 1.82) is 5.26 Å². The van der Waals surface area contributed by atoms with E-state index in [-0.39, 0.29) is 18.4 Å². The van der Waals surface area contributed by atoms with Crippen molar-refractivity contribution in [3.63, 3.8) is 0 Å². The lowest BCUT2D eigenvalue weighted by Gasteiger charge is -2.36. The number of carbonyl (C=O) groups excluding carboxylic acids is 1. The number of isothiocyanates is 1. The molecule has 1 fully saturated rings. The number of nitrogens with one attached hydrogen (secondary N) is 1. The summed E-state index contributed by atoms with van der Waals surface area (Å²) in [6, 6.07) is 9.82. The van der Waals surface area contributed by atoms with Crippen molar-refractivity contribution in [2.24, 2.45) is 10.7 Å². The van der Waals surface area contributed by atoms with Crippen LogP contribution in [0.15, 0.2) is 29.3 Å². The lowest BCUT2D eigenvalue weighted by molar-refractivity contribution is -0.118. The van der Waals surface area contributed by atoms with Crippen molar-refractivity contribution in [2.75, 3.05) is 5.32 Å². The largest absolute Gasteiger partial charge is 0.370 e. The van der Waals surface area contributed by atoms with E-state index in [1.54, 1.807) is 0 Å². The van der Waals surface area contributed by atoms with Crippen LogP contribution in [-0.2, 0) is 4.79 Å². The van der Waals surface area contributed by atoms with E-state index in [1.807, 2.05) is 24.3 Å². The summed E-state index contributed by atoms with van der Waals surface area (Å²) < 4.78 is 0. The van der Waals surface area contributed by atoms with Gasteiger partial charge in [0.15, 0.2) is 0 Å². The summed E-state index contributed by atoms with van der Waals surface area (Å²) in [6.45, 7) is 0. The first-order valence-corrected chi connectivity index (χ1v) is 7.64. The van der Waals surface area contributed by atoms with E-state index >= 15 is 0 Å². The zero-order chi connectivity index (χ0) is 16.0. The number of benzene rings is 1. The monoisotopic (exact) mass is 314 g/mol. The van der Waals surface area contributed by atoms with E-state index in [0.717, 1.165) is 30.5 Å². The maximum atomic E-state index is 10.9. The lowest BCUT2D eigenvalue weighted by Crippen LogP contribution is -2.43. The van der Waals surface area contributed by atoms with Crippen LogP contribution < -0.4 is 11.1 Å². The molecule has 0 saturated heterocycles. The third-order valence-electron chi connectivity index (χ3n) is 3.97. The predicted molar refractivity (Wildman–Crippen MR) is 88.5 cm³/mol. The molecule has 114 valence electrons. The van der Waals surface area contributed by atoms with Gasteiger partial charge in [-0.1, -0.05) is 12.1 Å². The quantitative estimate of drug-likeness (QED) is 0.598. The zero-order valence-corrected chi connectivity index (χ0v) is 13.0. The van der Waals surface area contributed by atoms with Crippen LogP contribution in [0, 0.1) is 11.3 Å². The van der Waals surface area contributed by atoms with Gasteiger partial charge in [-0.2, -0.15) is 5.26 Å². The zero-order valence-electron chi connectivity index (χ0n) is 12.2. The van der Waals surface area contributed by atoms with E-state index in [1.165, 1.54) is 0 Å². The molecule has 3 N–H and O–H groups in total. The van der Waals surface area contributed by atoms with Gasteiger partial charge in [-0.25, -0.2) is 4.99 Å². The minimum atomic E-state index is -0.417. The number of nitriles is 1. The Morgan fingerprint density at radius 3 is 2.59 bits per heavy atom. The van der Waals surface area contributed by atoms with E-state index in [2.05, 4.69) is 33.8 Å². The maximum Gasteiger partial charge on any atom is 0.217 e. The van der Waals surface area contributed by atoms with Crippen LogP contribution in [0.3, 0.4) is 0 Å². The predicted octanol–water partition coefficient (Wildman–Crippen LogP) is 2.95. The summed E-state index contributed by atoms with van der Waals surface area (Å²) in [5.74, 6) is -0.358. The molecular weight excluding hydrogens is 296 g/mol. The van der Waals surface area contributed by atoms with Gasteiger partial charge in [-0.05, 0) is 55.6 Å². The number of nitrogens with two attached hydrogens (primary N) is 1. The fraction of sp³-hybridized carbons (Fsp3) is 0.438. The van der Waals surface area contributed by atoms with Gasteiger partial charge in [-0.3, -0.25) is 4.79 Å².